The van der Waals surface area contributed by atoms with Crippen molar-refractivity contribution in [2.75, 3.05) is 12.3 Å². The predicted octanol–water partition coefficient (Wildman–Crippen LogP) is 1.75. The summed E-state index contributed by atoms with van der Waals surface area (Å²) < 4.78 is 0. The van der Waals surface area contributed by atoms with E-state index in [1.165, 1.54) is 0 Å². The quantitative estimate of drug-likeness (QED) is 0.774. The lowest BCUT2D eigenvalue weighted by molar-refractivity contribution is -0.137. The lowest BCUT2D eigenvalue weighted by Crippen LogP contribution is -2.50. The van der Waals surface area contributed by atoms with E-state index in [1.807, 2.05) is 4.90 Å². The number of fused-ring (bicyclic) bond motifs is 1. The summed E-state index contributed by atoms with van der Waals surface area (Å²) in [7, 11) is 0. The third-order valence-corrected chi connectivity index (χ3v) is 5.33. The molecule has 4 nitrogen and oxygen atoms in total. The SMILES string of the molecule is CCCCCNC(=O)C1CSC2(C)CCC(=O)N12. The summed E-state index contributed by atoms with van der Waals surface area (Å²) in [6, 6.07) is -0.253. The van der Waals surface area contributed by atoms with Crippen molar-refractivity contribution in [1.29, 1.82) is 0 Å². The lowest BCUT2D eigenvalue weighted by atomic mass is 10.2. The molecule has 1 N–H and O–H groups in total. The summed E-state index contributed by atoms with van der Waals surface area (Å²) >= 11 is 1.74. The van der Waals surface area contributed by atoms with Crippen LogP contribution in [0.5, 0.6) is 0 Å². The first-order valence-electron chi connectivity index (χ1n) is 6.82. The Morgan fingerprint density at radius 1 is 1.56 bits per heavy atom. The van der Waals surface area contributed by atoms with Crippen LogP contribution in [-0.4, -0.2) is 39.9 Å². The van der Waals surface area contributed by atoms with Crippen LogP contribution < -0.4 is 5.32 Å². The fourth-order valence-electron chi connectivity index (χ4n) is 2.72. The van der Waals surface area contributed by atoms with Crippen LogP contribution in [0.2, 0.25) is 0 Å². The topological polar surface area (TPSA) is 49.4 Å². The Labute approximate surface area is 113 Å². The Morgan fingerprint density at radius 2 is 2.33 bits per heavy atom. The third kappa shape index (κ3) is 2.51. The molecule has 18 heavy (non-hydrogen) atoms. The van der Waals surface area contributed by atoms with Crippen LogP contribution in [0.15, 0.2) is 0 Å². The van der Waals surface area contributed by atoms with Crippen molar-refractivity contribution in [2.24, 2.45) is 0 Å². The number of hydrogen-bond acceptors (Lipinski definition) is 3. The van der Waals surface area contributed by atoms with Crippen molar-refractivity contribution in [3.8, 4) is 0 Å². The number of hydrogen-bond donors (Lipinski definition) is 1. The van der Waals surface area contributed by atoms with Crippen LogP contribution in [0.25, 0.3) is 0 Å². The fourth-order valence-corrected chi connectivity index (χ4v) is 4.15. The van der Waals surface area contributed by atoms with E-state index in [4.69, 9.17) is 0 Å². The smallest absolute Gasteiger partial charge is 0.243 e. The minimum Gasteiger partial charge on any atom is -0.354 e. The molecule has 2 fully saturated rings. The van der Waals surface area contributed by atoms with Crippen LogP contribution in [0.3, 0.4) is 0 Å². The van der Waals surface area contributed by atoms with Gasteiger partial charge >= 0.3 is 0 Å². The Morgan fingerprint density at radius 3 is 3.06 bits per heavy atom. The average Bonchev–Trinajstić information content (AvgIpc) is 2.83. The molecule has 2 heterocycles. The van der Waals surface area contributed by atoms with Gasteiger partial charge in [0.05, 0.1) is 4.87 Å². The average molecular weight is 270 g/mol. The monoisotopic (exact) mass is 270 g/mol. The molecule has 0 aliphatic carbocycles. The molecule has 2 amide bonds. The first kappa shape index (κ1) is 13.7. The van der Waals surface area contributed by atoms with Crippen LogP contribution in [0, 0.1) is 0 Å². The molecule has 0 spiro atoms. The Kier molecular flexibility index (Phi) is 4.20. The van der Waals surface area contributed by atoms with Crippen molar-refractivity contribution in [2.45, 2.75) is 56.9 Å². The van der Waals surface area contributed by atoms with Gasteiger partial charge in [-0.2, -0.15) is 0 Å². The van der Waals surface area contributed by atoms with E-state index in [-0.39, 0.29) is 22.7 Å². The fraction of sp³-hybridized carbons (Fsp3) is 0.846. The minimum atomic E-state index is -0.253. The maximum atomic E-state index is 12.1. The van der Waals surface area contributed by atoms with Gasteiger partial charge in [-0.1, -0.05) is 19.8 Å². The number of unbranched alkanes of at least 4 members (excludes halogenated alkanes) is 2. The van der Waals surface area contributed by atoms with Gasteiger partial charge in [0.1, 0.15) is 6.04 Å². The van der Waals surface area contributed by atoms with Crippen molar-refractivity contribution >= 4 is 23.6 Å². The van der Waals surface area contributed by atoms with E-state index in [2.05, 4.69) is 19.2 Å². The second-order valence-corrected chi connectivity index (χ2v) is 6.77. The van der Waals surface area contributed by atoms with Gasteiger partial charge in [-0.15, -0.1) is 11.8 Å². The number of rotatable bonds is 5. The highest BCUT2D eigenvalue weighted by Gasteiger charge is 2.52. The molecule has 0 aromatic carbocycles. The summed E-state index contributed by atoms with van der Waals surface area (Å²) in [6.45, 7) is 4.95. The van der Waals surface area contributed by atoms with Crippen molar-refractivity contribution in [3.05, 3.63) is 0 Å². The molecule has 102 valence electrons. The molecule has 2 aliphatic heterocycles. The van der Waals surface area contributed by atoms with E-state index in [0.29, 0.717) is 6.42 Å². The van der Waals surface area contributed by atoms with Gasteiger partial charge in [-0.05, 0) is 19.8 Å². The van der Waals surface area contributed by atoms with Crippen LogP contribution in [-0.2, 0) is 9.59 Å². The molecule has 2 rings (SSSR count). The Balaban J connectivity index is 1.89. The molecule has 2 atom stereocenters. The number of amides is 2. The molecule has 0 aromatic rings. The van der Waals surface area contributed by atoms with Crippen molar-refractivity contribution in [3.63, 3.8) is 0 Å². The lowest BCUT2D eigenvalue weighted by Gasteiger charge is -2.29. The van der Waals surface area contributed by atoms with Gasteiger partial charge in [0.15, 0.2) is 0 Å². The first-order valence-corrected chi connectivity index (χ1v) is 7.81. The summed E-state index contributed by atoms with van der Waals surface area (Å²) in [5, 5.41) is 2.96. The molecular weight excluding hydrogens is 248 g/mol. The van der Waals surface area contributed by atoms with Crippen molar-refractivity contribution in [1.82, 2.24) is 10.2 Å². The van der Waals surface area contributed by atoms with Gasteiger partial charge in [-0.25, -0.2) is 0 Å². The molecule has 2 unspecified atom stereocenters. The van der Waals surface area contributed by atoms with Gasteiger partial charge in [0.25, 0.3) is 0 Å². The number of nitrogens with zero attached hydrogens (tertiary/aromatic N) is 1. The summed E-state index contributed by atoms with van der Waals surface area (Å²) in [5.74, 6) is 0.899. The number of carbonyl (C=O) groups is 2. The molecule has 2 aliphatic rings. The van der Waals surface area contributed by atoms with E-state index < -0.39 is 0 Å². The minimum absolute atomic E-state index is 0.0255. The normalized spacial score (nSPS) is 30.7. The molecule has 0 bridgehead atoms. The van der Waals surface area contributed by atoms with E-state index in [9.17, 15) is 9.59 Å². The molecule has 2 saturated heterocycles. The largest absolute Gasteiger partial charge is 0.354 e. The number of carbonyl (C=O) groups excluding carboxylic acids is 2. The summed E-state index contributed by atoms with van der Waals surface area (Å²) in [6.07, 6.45) is 4.77. The number of thioether (sulfide) groups is 1. The maximum absolute atomic E-state index is 12.1. The standard InChI is InChI=1S/C13H22N2O2S/c1-3-4-5-8-14-12(17)10-9-18-13(2)7-6-11(16)15(10)13/h10H,3-9H2,1-2H3,(H,14,17). The Bertz CT molecular complexity index is 348. The number of nitrogens with one attached hydrogen (secondary N) is 1. The molecule has 5 heteroatoms. The second kappa shape index (κ2) is 5.51. The second-order valence-electron chi connectivity index (χ2n) is 5.26. The van der Waals surface area contributed by atoms with Crippen molar-refractivity contribution < 1.29 is 9.59 Å². The van der Waals surface area contributed by atoms with Crippen LogP contribution >= 0.6 is 11.8 Å². The molecule has 0 aromatic heterocycles. The zero-order valence-corrected chi connectivity index (χ0v) is 12.0. The van der Waals surface area contributed by atoms with E-state index in [1.54, 1.807) is 11.8 Å². The molecule has 0 saturated carbocycles. The maximum Gasteiger partial charge on any atom is 0.243 e. The highest BCUT2D eigenvalue weighted by molar-refractivity contribution is 8.01. The predicted molar refractivity (Wildman–Crippen MR) is 73.3 cm³/mol. The van der Waals surface area contributed by atoms with Gasteiger partial charge in [0.2, 0.25) is 11.8 Å². The summed E-state index contributed by atoms with van der Waals surface area (Å²) in [4.78, 5) is 25.7. The van der Waals surface area contributed by atoms with Gasteiger partial charge in [-0.3, -0.25) is 9.59 Å². The van der Waals surface area contributed by atoms with E-state index in [0.717, 1.165) is 38.0 Å². The zero-order valence-electron chi connectivity index (χ0n) is 11.2. The van der Waals surface area contributed by atoms with Gasteiger partial charge in [0, 0.05) is 18.7 Å². The first-order chi connectivity index (χ1) is 8.58. The third-order valence-electron chi connectivity index (χ3n) is 3.83. The molecule has 0 radical (unpaired) electrons. The van der Waals surface area contributed by atoms with E-state index >= 15 is 0 Å². The molecular formula is C13H22N2O2S. The highest BCUT2D eigenvalue weighted by Crippen LogP contribution is 2.47. The Hall–Kier alpha value is -0.710. The van der Waals surface area contributed by atoms with Gasteiger partial charge < -0.3 is 10.2 Å². The van der Waals surface area contributed by atoms with Crippen LogP contribution in [0.4, 0.5) is 0 Å². The summed E-state index contributed by atoms with van der Waals surface area (Å²) in [5.41, 5.74) is 0. The highest BCUT2D eigenvalue weighted by atomic mass is 32.2. The zero-order chi connectivity index (χ0) is 13.2. The van der Waals surface area contributed by atoms with Crippen LogP contribution in [0.1, 0.15) is 46.0 Å².